The number of anilines is 1. The Kier molecular flexibility index (Phi) is 5.08. The highest BCUT2D eigenvalue weighted by Crippen LogP contribution is 2.32. The molecule has 0 atom stereocenters. The molecule has 1 N–H and O–H groups in total. The van der Waals surface area contributed by atoms with Gasteiger partial charge in [-0.25, -0.2) is 4.98 Å². The smallest absolute Gasteiger partial charge is 0.311 e. The summed E-state index contributed by atoms with van der Waals surface area (Å²) in [7, 11) is 1.81. The third kappa shape index (κ3) is 4.45. The lowest BCUT2D eigenvalue weighted by atomic mass is 10.1. The van der Waals surface area contributed by atoms with Crippen LogP contribution in [-0.2, 0) is 16.0 Å². The second-order valence-corrected chi connectivity index (χ2v) is 7.33. The summed E-state index contributed by atoms with van der Waals surface area (Å²) in [5, 5.41) is 4.45. The normalized spacial score (nSPS) is 11.3. The number of esters is 1. The SMILES string of the molecule is CNc1nc(-c2ccc(Cl)cc2)c(CC(=O)OC(C)(C)C)s1. The molecule has 0 saturated carbocycles. The van der Waals surface area contributed by atoms with Crippen molar-refractivity contribution in [1.29, 1.82) is 0 Å². The summed E-state index contributed by atoms with van der Waals surface area (Å²) in [6, 6.07) is 7.42. The molecule has 0 bridgehead atoms. The Hall–Kier alpha value is -1.59. The predicted molar refractivity (Wildman–Crippen MR) is 91.7 cm³/mol. The topological polar surface area (TPSA) is 51.2 Å². The predicted octanol–water partition coefficient (Wildman–Crippen LogP) is 4.39. The maximum Gasteiger partial charge on any atom is 0.311 e. The van der Waals surface area contributed by atoms with Crippen molar-refractivity contribution in [3.8, 4) is 11.3 Å². The second-order valence-electron chi connectivity index (χ2n) is 5.81. The first-order valence-electron chi connectivity index (χ1n) is 6.94. The summed E-state index contributed by atoms with van der Waals surface area (Å²) in [5.74, 6) is -0.256. The van der Waals surface area contributed by atoms with Crippen LogP contribution in [0.4, 0.5) is 5.13 Å². The van der Waals surface area contributed by atoms with E-state index in [1.54, 1.807) is 0 Å². The lowest BCUT2D eigenvalue weighted by Crippen LogP contribution is -2.24. The Labute approximate surface area is 139 Å². The average molecular weight is 339 g/mol. The zero-order chi connectivity index (χ0) is 16.3. The van der Waals surface area contributed by atoms with E-state index < -0.39 is 5.60 Å². The Morgan fingerprint density at radius 3 is 2.50 bits per heavy atom. The molecule has 0 aliphatic heterocycles. The molecule has 118 valence electrons. The molecule has 6 heteroatoms. The third-order valence-electron chi connectivity index (χ3n) is 2.75. The summed E-state index contributed by atoms with van der Waals surface area (Å²) in [6.07, 6.45) is 0.203. The molecule has 2 aromatic rings. The lowest BCUT2D eigenvalue weighted by Gasteiger charge is -2.19. The number of hydrogen-bond acceptors (Lipinski definition) is 5. The van der Waals surface area contributed by atoms with Crippen LogP contribution in [0.1, 0.15) is 25.6 Å². The zero-order valence-corrected chi connectivity index (χ0v) is 14.6. The minimum absolute atomic E-state index is 0.203. The van der Waals surface area contributed by atoms with Crippen LogP contribution in [-0.4, -0.2) is 23.6 Å². The van der Waals surface area contributed by atoms with Crippen molar-refractivity contribution in [3.05, 3.63) is 34.2 Å². The van der Waals surface area contributed by atoms with Gasteiger partial charge in [-0.1, -0.05) is 23.7 Å². The summed E-state index contributed by atoms with van der Waals surface area (Å²) in [4.78, 5) is 17.5. The molecular weight excluding hydrogens is 320 g/mol. The number of hydrogen-bond donors (Lipinski definition) is 1. The summed E-state index contributed by atoms with van der Waals surface area (Å²) in [6.45, 7) is 5.57. The quantitative estimate of drug-likeness (QED) is 0.840. The van der Waals surface area contributed by atoms with Crippen molar-refractivity contribution in [2.75, 3.05) is 12.4 Å². The Morgan fingerprint density at radius 2 is 1.95 bits per heavy atom. The highest BCUT2D eigenvalue weighted by atomic mass is 35.5. The monoisotopic (exact) mass is 338 g/mol. The number of halogens is 1. The Morgan fingerprint density at radius 1 is 1.32 bits per heavy atom. The maximum absolute atomic E-state index is 12.1. The van der Waals surface area contributed by atoms with Crippen LogP contribution in [0.15, 0.2) is 24.3 Å². The van der Waals surface area contributed by atoms with E-state index >= 15 is 0 Å². The van der Waals surface area contributed by atoms with Crippen LogP contribution in [0.3, 0.4) is 0 Å². The van der Waals surface area contributed by atoms with Crippen LogP contribution in [0.5, 0.6) is 0 Å². The van der Waals surface area contributed by atoms with Crippen LogP contribution in [0.2, 0.25) is 5.02 Å². The molecule has 0 radical (unpaired) electrons. The first-order chi connectivity index (χ1) is 10.3. The molecule has 0 aliphatic rings. The van der Waals surface area contributed by atoms with Crippen LogP contribution >= 0.6 is 22.9 Å². The average Bonchev–Trinajstić information content (AvgIpc) is 2.80. The van der Waals surface area contributed by atoms with E-state index in [-0.39, 0.29) is 12.4 Å². The molecule has 0 saturated heterocycles. The molecule has 1 heterocycles. The van der Waals surface area contributed by atoms with E-state index in [0.717, 1.165) is 21.3 Å². The molecule has 0 aliphatic carbocycles. The van der Waals surface area contributed by atoms with Gasteiger partial charge >= 0.3 is 5.97 Å². The van der Waals surface area contributed by atoms with Gasteiger partial charge in [0.2, 0.25) is 0 Å². The van der Waals surface area contributed by atoms with E-state index in [0.29, 0.717) is 5.02 Å². The van der Waals surface area contributed by atoms with Gasteiger partial charge in [-0.15, -0.1) is 11.3 Å². The van der Waals surface area contributed by atoms with Crippen molar-refractivity contribution < 1.29 is 9.53 Å². The van der Waals surface area contributed by atoms with Gasteiger partial charge in [0.05, 0.1) is 12.1 Å². The molecular formula is C16H19ClN2O2S. The van der Waals surface area contributed by atoms with E-state index in [9.17, 15) is 4.79 Å². The highest BCUT2D eigenvalue weighted by Gasteiger charge is 2.20. The molecule has 1 aromatic heterocycles. The molecule has 0 amide bonds. The Balaban J connectivity index is 2.29. The van der Waals surface area contributed by atoms with Gasteiger partial charge in [0.15, 0.2) is 5.13 Å². The number of aromatic nitrogens is 1. The minimum atomic E-state index is -0.492. The Bertz CT molecular complexity index is 660. The van der Waals surface area contributed by atoms with Gasteiger partial charge in [0.1, 0.15) is 5.60 Å². The van der Waals surface area contributed by atoms with Crippen molar-refractivity contribution in [1.82, 2.24) is 4.98 Å². The first-order valence-corrected chi connectivity index (χ1v) is 8.13. The van der Waals surface area contributed by atoms with E-state index in [4.69, 9.17) is 16.3 Å². The van der Waals surface area contributed by atoms with Crippen molar-refractivity contribution in [2.24, 2.45) is 0 Å². The van der Waals surface area contributed by atoms with Gasteiger partial charge in [-0.05, 0) is 32.9 Å². The van der Waals surface area contributed by atoms with E-state index in [1.807, 2.05) is 52.1 Å². The molecule has 22 heavy (non-hydrogen) atoms. The van der Waals surface area contributed by atoms with Gasteiger partial charge in [0.25, 0.3) is 0 Å². The van der Waals surface area contributed by atoms with Crippen LogP contribution in [0, 0.1) is 0 Å². The number of nitrogens with zero attached hydrogens (tertiary/aromatic N) is 1. The second kappa shape index (κ2) is 6.67. The van der Waals surface area contributed by atoms with Gasteiger partial charge < -0.3 is 10.1 Å². The molecule has 0 spiro atoms. The van der Waals surface area contributed by atoms with E-state index in [1.165, 1.54) is 11.3 Å². The fourth-order valence-corrected chi connectivity index (χ4v) is 2.97. The first kappa shape index (κ1) is 16.8. The van der Waals surface area contributed by atoms with Gasteiger partial charge in [0, 0.05) is 22.5 Å². The molecule has 0 unspecified atom stereocenters. The molecule has 4 nitrogen and oxygen atoms in total. The number of benzene rings is 1. The number of nitrogens with one attached hydrogen (secondary N) is 1. The van der Waals surface area contributed by atoms with Gasteiger partial charge in [-0.3, -0.25) is 4.79 Å². The summed E-state index contributed by atoms with van der Waals surface area (Å²) >= 11 is 7.38. The number of carbonyl (C=O) groups is 1. The number of carbonyl (C=O) groups excluding carboxylic acids is 1. The van der Waals surface area contributed by atoms with Crippen LogP contribution in [0.25, 0.3) is 11.3 Å². The largest absolute Gasteiger partial charge is 0.460 e. The minimum Gasteiger partial charge on any atom is -0.460 e. The van der Waals surface area contributed by atoms with Crippen LogP contribution < -0.4 is 5.32 Å². The standard InChI is InChI=1S/C16H19ClN2O2S/c1-16(2,3)21-13(20)9-12-14(19-15(18-4)22-12)10-5-7-11(17)8-6-10/h5-8H,9H2,1-4H3,(H,18,19). The highest BCUT2D eigenvalue weighted by molar-refractivity contribution is 7.16. The third-order valence-corrected chi connectivity index (χ3v) is 4.08. The van der Waals surface area contributed by atoms with Crippen molar-refractivity contribution in [3.63, 3.8) is 0 Å². The number of thiazole rings is 1. The van der Waals surface area contributed by atoms with Crippen molar-refractivity contribution in [2.45, 2.75) is 32.8 Å². The molecule has 0 fully saturated rings. The fraction of sp³-hybridized carbons (Fsp3) is 0.375. The maximum atomic E-state index is 12.1. The summed E-state index contributed by atoms with van der Waals surface area (Å²) in [5.41, 5.74) is 1.23. The molecule has 1 aromatic carbocycles. The lowest BCUT2D eigenvalue weighted by molar-refractivity contribution is -0.153. The molecule has 2 rings (SSSR count). The number of rotatable bonds is 4. The van der Waals surface area contributed by atoms with Gasteiger partial charge in [-0.2, -0.15) is 0 Å². The van der Waals surface area contributed by atoms with Crippen molar-refractivity contribution >= 4 is 34.0 Å². The zero-order valence-electron chi connectivity index (χ0n) is 13.1. The fourth-order valence-electron chi connectivity index (χ4n) is 1.92. The van der Waals surface area contributed by atoms with E-state index in [2.05, 4.69) is 10.3 Å². The summed E-state index contributed by atoms with van der Waals surface area (Å²) < 4.78 is 5.39. The number of ether oxygens (including phenoxy) is 1.